The van der Waals surface area contributed by atoms with Crippen LogP contribution < -0.4 is 9.47 Å². The molecule has 2 nitrogen and oxygen atoms in total. The number of unbranched alkanes of at least 4 members (excludes halogenated alkanes) is 1. The Balaban J connectivity index is 2.45. The molecule has 0 aromatic carbocycles. The monoisotopic (exact) mass is 324 g/mol. The standard InChI is InChI=1S/C19H32O2S/c1-7-9-11-19(5,6)17-15-14(20-12-13-21-15)16(22-17)18(3,4)10-8-2/h7-13H2,1-6H3. The summed E-state index contributed by atoms with van der Waals surface area (Å²) in [6, 6.07) is 0. The van der Waals surface area contributed by atoms with Gasteiger partial charge in [-0.2, -0.15) is 0 Å². The fourth-order valence-corrected chi connectivity index (χ4v) is 4.76. The Morgan fingerprint density at radius 3 is 1.77 bits per heavy atom. The maximum atomic E-state index is 6.06. The molecule has 2 rings (SSSR count). The number of rotatable bonds is 7. The Labute approximate surface area is 140 Å². The Hall–Kier alpha value is -0.700. The van der Waals surface area contributed by atoms with E-state index in [1.54, 1.807) is 0 Å². The van der Waals surface area contributed by atoms with E-state index in [-0.39, 0.29) is 10.8 Å². The average Bonchev–Trinajstić information content (AvgIpc) is 2.86. The summed E-state index contributed by atoms with van der Waals surface area (Å²) in [6.45, 7) is 15.2. The first-order valence-corrected chi connectivity index (χ1v) is 9.58. The van der Waals surface area contributed by atoms with Crippen molar-refractivity contribution in [1.82, 2.24) is 0 Å². The molecule has 1 aromatic heterocycles. The lowest BCUT2D eigenvalue weighted by Crippen LogP contribution is -2.21. The summed E-state index contributed by atoms with van der Waals surface area (Å²) in [5, 5.41) is 0. The third-order valence-electron chi connectivity index (χ3n) is 4.66. The maximum Gasteiger partial charge on any atom is 0.176 e. The van der Waals surface area contributed by atoms with Gasteiger partial charge in [0.25, 0.3) is 0 Å². The largest absolute Gasteiger partial charge is 0.485 e. The molecule has 0 fully saturated rings. The normalized spacial score (nSPS) is 15.2. The molecule has 0 bridgehead atoms. The fourth-order valence-electron chi connectivity index (χ4n) is 3.31. The van der Waals surface area contributed by atoms with Gasteiger partial charge < -0.3 is 9.47 Å². The highest BCUT2D eigenvalue weighted by Crippen LogP contribution is 2.54. The van der Waals surface area contributed by atoms with Gasteiger partial charge in [-0.25, -0.2) is 0 Å². The molecule has 126 valence electrons. The lowest BCUT2D eigenvalue weighted by Gasteiger charge is -2.26. The van der Waals surface area contributed by atoms with Gasteiger partial charge in [-0.3, -0.25) is 0 Å². The second kappa shape index (κ2) is 6.82. The van der Waals surface area contributed by atoms with Gasteiger partial charge in [0, 0.05) is 10.8 Å². The quantitative estimate of drug-likeness (QED) is 0.606. The zero-order chi connectivity index (χ0) is 16.4. The van der Waals surface area contributed by atoms with Crippen LogP contribution in [-0.2, 0) is 10.8 Å². The molecule has 1 aliphatic rings. The van der Waals surface area contributed by atoms with Crippen LogP contribution in [0.1, 0.15) is 83.4 Å². The van der Waals surface area contributed by atoms with Gasteiger partial charge in [-0.15, -0.1) is 11.3 Å². The van der Waals surface area contributed by atoms with Crippen LogP contribution in [0.2, 0.25) is 0 Å². The summed E-state index contributed by atoms with van der Waals surface area (Å²) < 4.78 is 12.1. The van der Waals surface area contributed by atoms with E-state index in [1.165, 1.54) is 41.9 Å². The SMILES string of the molecule is CCCCC(C)(C)c1sc(C(C)(C)CCC)c2c1OCCO2. The molecule has 0 radical (unpaired) electrons. The van der Waals surface area contributed by atoms with Crippen LogP contribution in [0.4, 0.5) is 0 Å². The molecule has 0 atom stereocenters. The third-order valence-corrected chi connectivity index (χ3v) is 6.54. The zero-order valence-corrected chi connectivity index (χ0v) is 16.0. The number of thiophene rings is 1. The van der Waals surface area contributed by atoms with Crippen molar-refractivity contribution in [2.45, 2.75) is 84.5 Å². The first-order valence-electron chi connectivity index (χ1n) is 8.77. The van der Waals surface area contributed by atoms with Crippen LogP contribution in [0.25, 0.3) is 0 Å². The molecular weight excluding hydrogens is 292 g/mol. The Morgan fingerprint density at radius 1 is 0.818 bits per heavy atom. The second-order valence-corrected chi connectivity index (χ2v) is 8.76. The van der Waals surface area contributed by atoms with Crippen molar-refractivity contribution in [2.75, 3.05) is 13.2 Å². The zero-order valence-electron chi connectivity index (χ0n) is 15.2. The van der Waals surface area contributed by atoms with Crippen molar-refractivity contribution in [3.8, 4) is 11.5 Å². The van der Waals surface area contributed by atoms with Crippen LogP contribution >= 0.6 is 11.3 Å². The molecule has 0 saturated heterocycles. The first kappa shape index (κ1) is 17.7. The van der Waals surface area contributed by atoms with Crippen molar-refractivity contribution < 1.29 is 9.47 Å². The smallest absolute Gasteiger partial charge is 0.176 e. The Bertz CT molecular complexity index is 500. The molecule has 1 aromatic rings. The van der Waals surface area contributed by atoms with E-state index in [0.29, 0.717) is 13.2 Å². The molecule has 0 amide bonds. The van der Waals surface area contributed by atoms with E-state index in [9.17, 15) is 0 Å². The lowest BCUT2D eigenvalue weighted by molar-refractivity contribution is 0.166. The van der Waals surface area contributed by atoms with Crippen LogP contribution in [0, 0.1) is 0 Å². The van der Waals surface area contributed by atoms with Gasteiger partial charge in [-0.1, -0.05) is 60.8 Å². The molecule has 0 unspecified atom stereocenters. The topological polar surface area (TPSA) is 18.5 Å². The van der Waals surface area contributed by atoms with Gasteiger partial charge >= 0.3 is 0 Å². The third kappa shape index (κ3) is 3.45. The molecule has 2 heterocycles. The van der Waals surface area contributed by atoms with E-state index >= 15 is 0 Å². The molecule has 1 aliphatic heterocycles. The van der Waals surface area contributed by atoms with Gasteiger partial charge in [0.2, 0.25) is 0 Å². The summed E-state index contributed by atoms with van der Waals surface area (Å²) in [4.78, 5) is 2.76. The molecular formula is C19H32O2S. The highest BCUT2D eigenvalue weighted by atomic mass is 32.1. The van der Waals surface area contributed by atoms with Crippen molar-refractivity contribution in [1.29, 1.82) is 0 Å². The predicted octanol–water partition coefficient (Wildman–Crippen LogP) is 6.06. The molecule has 3 heteroatoms. The van der Waals surface area contributed by atoms with E-state index < -0.39 is 0 Å². The highest BCUT2D eigenvalue weighted by molar-refractivity contribution is 7.13. The van der Waals surface area contributed by atoms with Crippen LogP contribution in [-0.4, -0.2) is 13.2 Å². The summed E-state index contributed by atoms with van der Waals surface area (Å²) in [5.74, 6) is 2.07. The van der Waals surface area contributed by atoms with Crippen LogP contribution in [0.5, 0.6) is 11.5 Å². The first-order chi connectivity index (χ1) is 10.3. The van der Waals surface area contributed by atoms with Crippen molar-refractivity contribution in [3.63, 3.8) is 0 Å². The lowest BCUT2D eigenvalue weighted by atomic mass is 9.84. The highest BCUT2D eigenvalue weighted by Gasteiger charge is 2.37. The van der Waals surface area contributed by atoms with Gasteiger partial charge in [0.15, 0.2) is 11.5 Å². The van der Waals surface area contributed by atoms with Gasteiger partial charge in [0.05, 0.1) is 9.75 Å². The Morgan fingerprint density at radius 2 is 1.32 bits per heavy atom. The Kier molecular flexibility index (Phi) is 5.47. The molecule has 0 saturated carbocycles. The molecule has 22 heavy (non-hydrogen) atoms. The molecule has 0 aliphatic carbocycles. The van der Waals surface area contributed by atoms with Crippen LogP contribution in [0.3, 0.4) is 0 Å². The minimum Gasteiger partial charge on any atom is -0.485 e. The van der Waals surface area contributed by atoms with Gasteiger partial charge in [-0.05, 0) is 12.8 Å². The van der Waals surface area contributed by atoms with Crippen LogP contribution in [0.15, 0.2) is 0 Å². The molecule has 0 N–H and O–H groups in total. The molecule has 0 spiro atoms. The minimum absolute atomic E-state index is 0.156. The van der Waals surface area contributed by atoms with E-state index in [2.05, 4.69) is 41.5 Å². The van der Waals surface area contributed by atoms with Crippen molar-refractivity contribution in [2.24, 2.45) is 0 Å². The average molecular weight is 325 g/mol. The second-order valence-electron chi connectivity index (χ2n) is 7.74. The van der Waals surface area contributed by atoms with Crippen molar-refractivity contribution in [3.05, 3.63) is 9.75 Å². The predicted molar refractivity (Wildman–Crippen MR) is 95.8 cm³/mol. The summed E-state index contributed by atoms with van der Waals surface area (Å²) in [5.41, 5.74) is 0.315. The van der Waals surface area contributed by atoms with Gasteiger partial charge in [0.1, 0.15) is 13.2 Å². The summed E-state index contributed by atoms with van der Waals surface area (Å²) >= 11 is 1.93. The minimum atomic E-state index is 0.156. The van der Waals surface area contributed by atoms with E-state index in [0.717, 1.165) is 11.5 Å². The summed E-state index contributed by atoms with van der Waals surface area (Å²) in [6.07, 6.45) is 6.07. The summed E-state index contributed by atoms with van der Waals surface area (Å²) in [7, 11) is 0. The number of hydrogen-bond acceptors (Lipinski definition) is 3. The fraction of sp³-hybridized carbons (Fsp3) is 0.789. The number of ether oxygens (including phenoxy) is 2. The number of fused-ring (bicyclic) bond motifs is 1. The van der Waals surface area contributed by atoms with Crippen molar-refractivity contribution >= 4 is 11.3 Å². The number of hydrogen-bond donors (Lipinski definition) is 0. The maximum absolute atomic E-state index is 6.06. The van der Waals surface area contributed by atoms with E-state index in [1.807, 2.05) is 11.3 Å². The van der Waals surface area contributed by atoms with E-state index in [4.69, 9.17) is 9.47 Å².